The van der Waals surface area contributed by atoms with Gasteiger partial charge in [0.05, 0.1) is 32.2 Å². The first-order chi connectivity index (χ1) is 11.0. The maximum absolute atomic E-state index is 12.9. The summed E-state index contributed by atoms with van der Waals surface area (Å²) in [4.78, 5) is 4.03. The van der Waals surface area contributed by atoms with Gasteiger partial charge in [-0.2, -0.15) is 0 Å². The number of halogens is 1. The number of ether oxygens (including phenoxy) is 2. The monoisotopic (exact) mass is 320 g/mol. The molecule has 1 aromatic heterocycles. The van der Waals surface area contributed by atoms with Crippen LogP contribution in [-0.4, -0.2) is 30.9 Å². The Bertz CT molecular complexity index is 634. The molecule has 1 aromatic carbocycles. The predicted octanol–water partition coefficient (Wildman–Crippen LogP) is 2.62. The third-order valence-electron chi connectivity index (χ3n) is 3.61. The Morgan fingerprint density at radius 3 is 2.61 bits per heavy atom. The second-order valence-electron chi connectivity index (χ2n) is 5.15. The lowest BCUT2D eigenvalue weighted by Gasteiger charge is -2.19. The Labute approximate surface area is 135 Å². The fourth-order valence-corrected chi connectivity index (χ4v) is 2.25. The molecule has 0 aliphatic heterocycles. The van der Waals surface area contributed by atoms with E-state index < -0.39 is 6.10 Å². The van der Waals surface area contributed by atoms with E-state index in [1.165, 1.54) is 12.3 Å². The number of hydrogen-bond acceptors (Lipinski definition) is 5. The standard InChI is InChI=1S/C17H21FN2O3/c1-11(15-6-4-12(18)9-20-15)19-10-16(21)14-8-13(22-2)5-7-17(14)23-3/h4-9,11,16,19,21H,10H2,1-3H3. The van der Waals surface area contributed by atoms with Gasteiger partial charge >= 0.3 is 0 Å². The van der Waals surface area contributed by atoms with Gasteiger partial charge in [-0.25, -0.2) is 4.39 Å². The van der Waals surface area contributed by atoms with Crippen molar-refractivity contribution in [2.75, 3.05) is 20.8 Å². The SMILES string of the molecule is COc1ccc(OC)c(C(O)CNC(C)c2ccc(F)cn2)c1. The number of nitrogens with one attached hydrogen (secondary N) is 1. The number of methoxy groups -OCH3 is 2. The summed E-state index contributed by atoms with van der Waals surface area (Å²) < 4.78 is 23.3. The Morgan fingerprint density at radius 2 is 2.00 bits per heavy atom. The van der Waals surface area contributed by atoms with Crippen LogP contribution in [0.3, 0.4) is 0 Å². The summed E-state index contributed by atoms with van der Waals surface area (Å²) in [6.07, 6.45) is 0.401. The molecule has 2 aromatic rings. The molecule has 0 radical (unpaired) electrons. The van der Waals surface area contributed by atoms with Crippen molar-refractivity contribution in [3.05, 3.63) is 53.6 Å². The first-order valence-electron chi connectivity index (χ1n) is 7.30. The molecule has 0 saturated heterocycles. The zero-order chi connectivity index (χ0) is 16.8. The highest BCUT2D eigenvalue weighted by Gasteiger charge is 2.16. The van der Waals surface area contributed by atoms with Crippen molar-refractivity contribution in [2.45, 2.75) is 19.1 Å². The number of rotatable bonds is 7. The van der Waals surface area contributed by atoms with Gasteiger partial charge in [0.25, 0.3) is 0 Å². The summed E-state index contributed by atoms with van der Waals surface area (Å²) in [6, 6.07) is 8.12. The molecule has 23 heavy (non-hydrogen) atoms. The normalized spacial score (nSPS) is 13.4. The van der Waals surface area contributed by atoms with Gasteiger partial charge in [0.15, 0.2) is 0 Å². The summed E-state index contributed by atoms with van der Waals surface area (Å²) in [7, 11) is 3.12. The number of nitrogens with zero attached hydrogens (tertiary/aromatic N) is 1. The van der Waals surface area contributed by atoms with Gasteiger partial charge in [0.2, 0.25) is 0 Å². The van der Waals surface area contributed by atoms with E-state index in [4.69, 9.17) is 9.47 Å². The second-order valence-corrected chi connectivity index (χ2v) is 5.15. The van der Waals surface area contributed by atoms with Crippen molar-refractivity contribution in [1.82, 2.24) is 10.3 Å². The fourth-order valence-electron chi connectivity index (χ4n) is 2.25. The molecular formula is C17H21FN2O3. The van der Waals surface area contributed by atoms with Crippen molar-refractivity contribution in [3.8, 4) is 11.5 Å². The highest BCUT2D eigenvalue weighted by atomic mass is 19.1. The van der Waals surface area contributed by atoms with Crippen molar-refractivity contribution < 1.29 is 19.0 Å². The van der Waals surface area contributed by atoms with Crippen LogP contribution in [0.2, 0.25) is 0 Å². The Kier molecular flexibility index (Phi) is 5.90. The van der Waals surface area contributed by atoms with Gasteiger partial charge in [-0.3, -0.25) is 4.98 Å². The van der Waals surface area contributed by atoms with Crippen LogP contribution in [0.25, 0.3) is 0 Å². The van der Waals surface area contributed by atoms with Crippen molar-refractivity contribution >= 4 is 0 Å². The first kappa shape index (κ1) is 17.2. The van der Waals surface area contributed by atoms with Gasteiger partial charge < -0.3 is 19.9 Å². The quantitative estimate of drug-likeness (QED) is 0.821. The number of aliphatic hydroxyl groups excluding tert-OH is 1. The molecule has 0 fully saturated rings. The number of aromatic nitrogens is 1. The second kappa shape index (κ2) is 7.89. The Balaban J connectivity index is 2.04. The minimum Gasteiger partial charge on any atom is -0.497 e. The van der Waals surface area contributed by atoms with E-state index >= 15 is 0 Å². The topological polar surface area (TPSA) is 63.6 Å². The maximum atomic E-state index is 12.9. The van der Waals surface area contributed by atoms with Gasteiger partial charge in [-0.15, -0.1) is 0 Å². The molecule has 0 aliphatic rings. The number of pyridine rings is 1. The van der Waals surface area contributed by atoms with Crippen LogP contribution in [0.15, 0.2) is 36.5 Å². The number of aliphatic hydroxyl groups is 1. The fraction of sp³-hybridized carbons (Fsp3) is 0.353. The van der Waals surface area contributed by atoms with E-state index in [-0.39, 0.29) is 11.9 Å². The van der Waals surface area contributed by atoms with Crippen LogP contribution in [0.5, 0.6) is 11.5 Å². The Morgan fingerprint density at radius 1 is 1.22 bits per heavy atom. The summed E-state index contributed by atoms with van der Waals surface area (Å²) in [6.45, 7) is 2.19. The van der Waals surface area contributed by atoms with Crippen molar-refractivity contribution in [3.63, 3.8) is 0 Å². The summed E-state index contributed by atoms with van der Waals surface area (Å²) in [5.41, 5.74) is 1.34. The van der Waals surface area contributed by atoms with E-state index in [2.05, 4.69) is 10.3 Å². The Hall–Kier alpha value is -2.18. The number of benzene rings is 1. The molecule has 2 atom stereocenters. The van der Waals surface area contributed by atoms with Crippen molar-refractivity contribution in [2.24, 2.45) is 0 Å². The molecule has 5 nitrogen and oxygen atoms in total. The zero-order valence-corrected chi connectivity index (χ0v) is 13.4. The highest BCUT2D eigenvalue weighted by Crippen LogP contribution is 2.29. The van der Waals surface area contributed by atoms with E-state index in [0.29, 0.717) is 29.3 Å². The predicted molar refractivity (Wildman–Crippen MR) is 85.1 cm³/mol. The summed E-state index contributed by atoms with van der Waals surface area (Å²) >= 11 is 0. The molecule has 0 bridgehead atoms. The molecule has 2 unspecified atom stereocenters. The molecule has 2 N–H and O–H groups in total. The molecule has 1 heterocycles. The van der Waals surface area contributed by atoms with Gasteiger partial charge in [0.1, 0.15) is 17.3 Å². The number of hydrogen-bond donors (Lipinski definition) is 2. The summed E-state index contributed by atoms with van der Waals surface area (Å²) in [5, 5.41) is 13.6. The molecule has 6 heteroatoms. The molecule has 0 saturated carbocycles. The zero-order valence-electron chi connectivity index (χ0n) is 13.4. The third-order valence-corrected chi connectivity index (χ3v) is 3.61. The lowest BCUT2D eigenvalue weighted by molar-refractivity contribution is 0.166. The molecule has 0 amide bonds. The minimum absolute atomic E-state index is 0.123. The molecule has 0 spiro atoms. The maximum Gasteiger partial charge on any atom is 0.141 e. The first-order valence-corrected chi connectivity index (χ1v) is 7.30. The van der Waals surface area contributed by atoms with Crippen LogP contribution < -0.4 is 14.8 Å². The highest BCUT2D eigenvalue weighted by molar-refractivity contribution is 5.41. The van der Waals surface area contributed by atoms with E-state index in [0.717, 1.165) is 0 Å². The molecule has 2 rings (SSSR count). The van der Waals surface area contributed by atoms with Crippen LogP contribution in [0.4, 0.5) is 4.39 Å². The summed E-state index contributed by atoms with van der Waals surface area (Å²) in [5.74, 6) is 0.864. The largest absolute Gasteiger partial charge is 0.497 e. The van der Waals surface area contributed by atoms with Crippen LogP contribution in [-0.2, 0) is 0 Å². The lowest BCUT2D eigenvalue weighted by atomic mass is 10.1. The van der Waals surface area contributed by atoms with Crippen molar-refractivity contribution in [1.29, 1.82) is 0 Å². The minimum atomic E-state index is -0.775. The van der Waals surface area contributed by atoms with Crippen LogP contribution >= 0.6 is 0 Å². The van der Waals surface area contributed by atoms with Crippen LogP contribution in [0, 0.1) is 5.82 Å². The third kappa shape index (κ3) is 4.40. The lowest BCUT2D eigenvalue weighted by Crippen LogP contribution is -2.25. The van der Waals surface area contributed by atoms with E-state index in [1.54, 1.807) is 38.5 Å². The molecule has 0 aliphatic carbocycles. The molecule has 124 valence electrons. The van der Waals surface area contributed by atoms with Gasteiger partial charge in [-0.05, 0) is 37.3 Å². The van der Waals surface area contributed by atoms with Crippen LogP contribution in [0.1, 0.15) is 30.3 Å². The van der Waals surface area contributed by atoms with E-state index in [9.17, 15) is 9.50 Å². The average molecular weight is 320 g/mol. The van der Waals surface area contributed by atoms with E-state index in [1.807, 2.05) is 6.92 Å². The molecular weight excluding hydrogens is 299 g/mol. The van der Waals surface area contributed by atoms with Gasteiger partial charge in [-0.1, -0.05) is 0 Å². The smallest absolute Gasteiger partial charge is 0.141 e. The average Bonchev–Trinajstić information content (AvgIpc) is 2.59. The van der Waals surface area contributed by atoms with Gasteiger partial charge in [0, 0.05) is 18.2 Å².